The number of nitrogens with one attached hydrogen (secondary N) is 1. The van der Waals surface area contributed by atoms with Crippen LogP contribution in [0.1, 0.15) is 5.56 Å². The molecule has 1 amide bonds. The van der Waals surface area contributed by atoms with Gasteiger partial charge in [0.1, 0.15) is 5.75 Å². The van der Waals surface area contributed by atoms with Gasteiger partial charge in [-0.15, -0.1) is 6.42 Å². The van der Waals surface area contributed by atoms with E-state index in [-0.39, 0.29) is 19.8 Å². The number of benzene rings is 1. The van der Waals surface area contributed by atoms with E-state index in [1.807, 2.05) is 0 Å². The van der Waals surface area contributed by atoms with Gasteiger partial charge in [0.15, 0.2) is 13.2 Å². The van der Waals surface area contributed by atoms with Gasteiger partial charge < -0.3 is 14.8 Å². The van der Waals surface area contributed by atoms with E-state index < -0.39 is 11.9 Å². The lowest BCUT2D eigenvalue weighted by Gasteiger charge is -2.09. The molecule has 0 aliphatic carbocycles. The third kappa shape index (κ3) is 5.63. The molecule has 0 aliphatic heterocycles. The fraction of sp³-hybridized carbons (Fsp3) is 0.286. The van der Waals surface area contributed by atoms with E-state index >= 15 is 0 Å². The molecule has 0 bridgehead atoms. The fourth-order valence-corrected chi connectivity index (χ4v) is 1.53. The number of aryl methyl sites for hydroxylation is 1. The Morgan fingerprint density at radius 2 is 2.15 bits per heavy atom. The number of amides is 1. The Morgan fingerprint density at radius 1 is 1.40 bits per heavy atom. The second-order valence-electron chi connectivity index (χ2n) is 3.84. The predicted molar refractivity (Wildman–Crippen MR) is 74.5 cm³/mol. The van der Waals surface area contributed by atoms with Crippen LogP contribution in [0.25, 0.3) is 0 Å². The molecule has 5 nitrogen and oxygen atoms in total. The minimum atomic E-state index is -0.643. The van der Waals surface area contributed by atoms with Crippen molar-refractivity contribution in [3.63, 3.8) is 0 Å². The zero-order valence-corrected chi connectivity index (χ0v) is 11.7. The lowest BCUT2D eigenvalue weighted by Crippen LogP contribution is -2.30. The van der Waals surface area contributed by atoms with Gasteiger partial charge in [-0.25, -0.2) is 4.79 Å². The molecule has 0 heterocycles. The summed E-state index contributed by atoms with van der Waals surface area (Å²) in [5, 5.41) is 2.95. The number of terminal acetylenes is 1. The minimum Gasteiger partial charge on any atom is -0.482 e. The SMILES string of the molecule is C#CCNC(=O)COC(=O)COc1ccc(Cl)cc1C. The normalized spacial score (nSPS) is 9.45. The molecular formula is C14H14ClNO4. The van der Waals surface area contributed by atoms with Crippen molar-refractivity contribution in [2.24, 2.45) is 0 Å². The Labute approximate surface area is 122 Å². The number of carbonyl (C=O) groups excluding carboxylic acids is 2. The van der Waals surface area contributed by atoms with Crippen LogP contribution in [0, 0.1) is 19.3 Å². The molecule has 0 atom stereocenters. The zero-order valence-electron chi connectivity index (χ0n) is 10.9. The number of hydrogen-bond acceptors (Lipinski definition) is 4. The summed E-state index contributed by atoms with van der Waals surface area (Å²) in [7, 11) is 0. The quantitative estimate of drug-likeness (QED) is 0.635. The Kier molecular flexibility index (Phi) is 6.41. The van der Waals surface area contributed by atoms with Crippen molar-refractivity contribution in [1.29, 1.82) is 0 Å². The molecule has 106 valence electrons. The van der Waals surface area contributed by atoms with E-state index in [4.69, 9.17) is 27.5 Å². The van der Waals surface area contributed by atoms with Gasteiger partial charge in [-0.3, -0.25) is 4.79 Å². The van der Waals surface area contributed by atoms with Crippen LogP contribution in [0.5, 0.6) is 5.75 Å². The molecule has 0 saturated carbocycles. The van der Waals surface area contributed by atoms with E-state index in [1.54, 1.807) is 25.1 Å². The molecule has 1 aromatic rings. The van der Waals surface area contributed by atoms with E-state index in [0.717, 1.165) is 5.56 Å². The molecule has 6 heteroatoms. The summed E-state index contributed by atoms with van der Waals surface area (Å²) in [5.41, 5.74) is 0.803. The van der Waals surface area contributed by atoms with Gasteiger partial charge in [0.25, 0.3) is 5.91 Å². The Balaban J connectivity index is 2.33. The first-order valence-electron chi connectivity index (χ1n) is 5.77. The first-order chi connectivity index (χ1) is 9.52. The lowest BCUT2D eigenvalue weighted by molar-refractivity contribution is -0.150. The summed E-state index contributed by atoms with van der Waals surface area (Å²) in [6.07, 6.45) is 4.97. The first kappa shape index (κ1) is 15.9. The number of hydrogen-bond donors (Lipinski definition) is 1. The van der Waals surface area contributed by atoms with Gasteiger partial charge in [-0.1, -0.05) is 17.5 Å². The Morgan fingerprint density at radius 3 is 2.80 bits per heavy atom. The van der Waals surface area contributed by atoms with Crippen molar-refractivity contribution in [3.05, 3.63) is 28.8 Å². The van der Waals surface area contributed by atoms with Crippen molar-refractivity contribution in [2.45, 2.75) is 6.92 Å². The van der Waals surface area contributed by atoms with Crippen molar-refractivity contribution in [3.8, 4) is 18.1 Å². The maximum atomic E-state index is 11.4. The van der Waals surface area contributed by atoms with Gasteiger partial charge in [0.05, 0.1) is 6.54 Å². The second kappa shape index (κ2) is 8.08. The third-order valence-electron chi connectivity index (χ3n) is 2.23. The Hall–Kier alpha value is -2.19. The molecular weight excluding hydrogens is 282 g/mol. The van der Waals surface area contributed by atoms with Crippen LogP contribution < -0.4 is 10.1 Å². The van der Waals surface area contributed by atoms with Crippen LogP contribution in [0.15, 0.2) is 18.2 Å². The smallest absolute Gasteiger partial charge is 0.344 e. The highest BCUT2D eigenvalue weighted by molar-refractivity contribution is 6.30. The highest BCUT2D eigenvalue weighted by Gasteiger charge is 2.09. The summed E-state index contributed by atoms with van der Waals surface area (Å²) >= 11 is 5.80. The predicted octanol–water partition coefficient (Wildman–Crippen LogP) is 1.32. The molecule has 0 spiro atoms. The second-order valence-corrected chi connectivity index (χ2v) is 4.28. The Bertz CT molecular complexity index is 536. The third-order valence-corrected chi connectivity index (χ3v) is 2.47. The van der Waals surface area contributed by atoms with Crippen molar-refractivity contribution in [2.75, 3.05) is 19.8 Å². The van der Waals surface area contributed by atoms with Gasteiger partial charge in [-0.2, -0.15) is 0 Å². The van der Waals surface area contributed by atoms with Crippen molar-refractivity contribution in [1.82, 2.24) is 5.32 Å². The summed E-state index contributed by atoms with van der Waals surface area (Å²) in [6, 6.07) is 5.03. The number of ether oxygens (including phenoxy) is 2. The summed E-state index contributed by atoms with van der Waals surface area (Å²) in [6.45, 7) is 1.23. The molecule has 0 aromatic heterocycles. The number of esters is 1. The van der Waals surface area contributed by atoms with Crippen LogP contribution in [0.2, 0.25) is 5.02 Å². The molecule has 0 radical (unpaired) electrons. The molecule has 0 fully saturated rings. The van der Waals surface area contributed by atoms with Gasteiger partial charge in [-0.05, 0) is 30.7 Å². The monoisotopic (exact) mass is 295 g/mol. The molecule has 0 saturated heterocycles. The maximum absolute atomic E-state index is 11.4. The molecule has 0 unspecified atom stereocenters. The highest BCUT2D eigenvalue weighted by Crippen LogP contribution is 2.21. The van der Waals surface area contributed by atoms with Gasteiger partial charge in [0.2, 0.25) is 0 Å². The largest absolute Gasteiger partial charge is 0.482 e. The van der Waals surface area contributed by atoms with E-state index in [1.165, 1.54) is 0 Å². The van der Waals surface area contributed by atoms with Crippen LogP contribution in [-0.2, 0) is 14.3 Å². The summed E-state index contributed by atoms with van der Waals surface area (Å²) in [4.78, 5) is 22.5. The van der Waals surface area contributed by atoms with E-state index in [0.29, 0.717) is 10.8 Å². The number of carbonyl (C=O) groups is 2. The molecule has 1 rings (SSSR count). The van der Waals surface area contributed by atoms with E-state index in [2.05, 4.69) is 11.2 Å². The highest BCUT2D eigenvalue weighted by atomic mass is 35.5. The average Bonchev–Trinajstić information content (AvgIpc) is 2.41. The summed E-state index contributed by atoms with van der Waals surface area (Å²) < 4.78 is 9.99. The first-order valence-corrected chi connectivity index (χ1v) is 6.15. The minimum absolute atomic E-state index is 0.0941. The molecule has 1 N–H and O–H groups in total. The van der Waals surface area contributed by atoms with Crippen LogP contribution >= 0.6 is 11.6 Å². The molecule has 1 aromatic carbocycles. The maximum Gasteiger partial charge on any atom is 0.344 e. The molecule has 20 heavy (non-hydrogen) atoms. The van der Waals surface area contributed by atoms with Crippen molar-refractivity contribution >= 4 is 23.5 Å². The average molecular weight is 296 g/mol. The lowest BCUT2D eigenvalue weighted by atomic mass is 10.2. The number of rotatable bonds is 6. The molecule has 0 aliphatic rings. The van der Waals surface area contributed by atoms with Gasteiger partial charge in [0, 0.05) is 5.02 Å². The van der Waals surface area contributed by atoms with Gasteiger partial charge >= 0.3 is 5.97 Å². The topological polar surface area (TPSA) is 64.6 Å². The standard InChI is InChI=1S/C14H14ClNO4/c1-3-6-16-13(17)8-20-14(18)9-19-12-5-4-11(15)7-10(12)2/h1,4-5,7H,6,8-9H2,2H3,(H,16,17). The van der Waals surface area contributed by atoms with E-state index in [9.17, 15) is 9.59 Å². The fourth-order valence-electron chi connectivity index (χ4n) is 1.30. The van der Waals surface area contributed by atoms with Crippen molar-refractivity contribution < 1.29 is 19.1 Å². The van der Waals surface area contributed by atoms with Crippen LogP contribution in [0.3, 0.4) is 0 Å². The number of halogens is 1. The summed E-state index contributed by atoms with van der Waals surface area (Å²) in [5.74, 6) is 1.66. The van der Waals surface area contributed by atoms with Crippen LogP contribution in [-0.4, -0.2) is 31.6 Å². The van der Waals surface area contributed by atoms with Crippen LogP contribution in [0.4, 0.5) is 0 Å². The zero-order chi connectivity index (χ0) is 15.0.